The number of rotatable bonds is 4. The van der Waals surface area contributed by atoms with Crippen molar-refractivity contribution in [2.75, 3.05) is 20.1 Å². The Morgan fingerprint density at radius 3 is 2.35 bits per heavy atom. The van der Waals surface area contributed by atoms with Gasteiger partial charge in [0.2, 0.25) is 5.91 Å². The van der Waals surface area contributed by atoms with Gasteiger partial charge in [-0.1, -0.05) is 12.1 Å². The molecule has 26 heavy (non-hydrogen) atoms. The fraction of sp³-hybridized carbons (Fsp3) is 0.579. The van der Waals surface area contributed by atoms with Gasteiger partial charge >= 0.3 is 6.09 Å². The van der Waals surface area contributed by atoms with E-state index in [1.165, 1.54) is 17.1 Å². The molecule has 1 fully saturated rings. The molecular weight excluding hydrogens is 337 g/mol. The molecule has 0 saturated carbocycles. The van der Waals surface area contributed by atoms with E-state index in [0.29, 0.717) is 13.1 Å². The van der Waals surface area contributed by atoms with Crippen LogP contribution in [0.15, 0.2) is 24.3 Å². The first kappa shape index (κ1) is 20.2. The molecule has 2 amide bonds. The van der Waals surface area contributed by atoms with Crippen molar-refractivity contribution < 1.29 is 18.7 Å². The van der Waals surface area contributed by atoms with E-state index >= 15 is 0 Å². The zero-order valence-electron chi connectivity index (χ0n) is 15.9. The number of nitrogens with one attached hydrogen (secondary N) is 1. The third kappa shape index (κ3) is 6.29. The van der Waals surface area contributed by atoms with Gasteiger partial charge in [0.15, 0.2) is 0 Å². The highest BCUT2D eigenvalue weighted by atomic mass is 19.1. The molecule has 0 spiro atoms. The highest BCUT2D eigenvalue weighted by Gasteiger charge is 2.27. The molecule has 0 unspecified atom stereocenters. The van der Waals surface area contributed by atoms with Crippen LogP contribution in [-0.2, 0) is 16.0 Å². The summed E-state index contributed by atoms with van der Waals surface area (Å²) in [4.78, 5) is 26.1. The van der Waals surface area contributed by atoms with E-state index in [4.69, 9.17) is 4.74 Å². The Bertz CT molecular complexity index is 620. The molecule has 7 heteroatoms. The molecule has 0 radical (unpaired) electrons. The fourth-order valence-corrected chi connectivity index (χ4v) is 2.76. The first-order chi connectivity index (χ1) is 12.1. The molecule has 1 N–H and O–H groups in total. The van der Waals surface area contributed by atoms with Gasteiger partial charge < -0.3 is 9.64 Å². The molecule has 1 aliphatic heterocycles. The number of piperidine rings is 1. The first-order valence-electron chi connectivity index (χ1n) is 8.89. The van der Waals surface area contributed by atoms with Gasteiger partial charge in [0, 0.05) is 26.2 Å². The average Bonchev–Trinajstić information content (AvgIpc) is 2.56. The van der Waals surface area contributed by atoms with Gasteiger partial charge in [0.25, 0.3) is 0 Å². The Balaban J connectivity index is 1.76. The monoisotopic (exact) mass is 365 g/mol. The number of hydrazine groups is 1. The Kier molecular flexibility index (Phi) is 6.58. The van der Waals surface area contributed by atoms with Crippen molar-refractivity contribution in [2.45, 2.75) is 51.7 Å². The second-order valence-corrected chi connectivity index (χ2v) is 7.63. The summed E-state index contributed by atoms with van der Waals surface area (Å²) in [6.07, 6.45) is 1.40. The van der Waals surface area contributed by atoms with Crippen LogP contribution in [0.1, 0.15) is 39.2 Å². The molecule has 1 aromatic rings. The summed E-state index contributed by atoms with van der Waals surface area (Å²) in [7, 11) is 1.69. The maximum Gasteiger partial charge on any atom is 0.410 e. The van der Waals surface area contributed by atoms with Crippen molar-refractivity contribution >= 4 is 12.0 Å². The predicted octanol–water partition coefficient (Wildman–Crippen LogP) is 2.73. The molecule has 0 bridgehead atoms. The topological polar surface area (TPSA) is 61.9 Å². The van der Waals surface area contributed by atoms with Crippen LogP contribution < -0.4 is 5.43 Å². The number of hydrogen-bond donors (Lipinski definition) is 1. The second kappa shape index (κ2) is 8.49. The number of carbonyl (C=O) groups excluding carboxylic acids is 2. The summed E-state index contributed by atoms with van der Waals surface area (Å²) < 4.78 is 18.3. The Morgan fingerprint density at radius 1 is 1.23 bits per heavy atom. The van der Waals surface area contributed by atoms with Crippen LogP contribution >= 0.6 is 0 Å². The van der Waals surface area contributed by atoms with Crippen LogP contribution in [-0.4, -0.2) is 53.7 Å². The van der Waals surface area contributed by atoms with Crippen LogP contribution in [0.5, 0.6) is 0 Å². The van der Waals surface area contributed by atoms with Gasteiger partial charge in [0.05, 0.1) is 6.42 Å². The van der Waals surface area contributed by atoms with E-state index in [9.17, 15) is 14.0 Å². The zero-order chi connectivity index (χ0) is 19.3. The summed E-state index contributed by atoms with van der Waals surface area (Å²) in [5.74, 6) is -0.407. The number of hydrogen-bond acceptors (Lipinski definition) is 4. The van der Waals surface area contributed by atoms with Crippen molar-refractivity contribution in [1.82, 2.24) is 15.3 Å². The molecule has 2 rings (SSSR count). The first-order valence-corrected chi connectivity index (χ1v) is 8.89. The maximum atomic E-state index is 12.9. The van der Waals surface area contributed by atoms with Gasteiger partial charge in [-0.3, -0.25) is 9.80 Å². The number of likely N-dealkylation sites (tertiary alicyclic amines) is 1. The summed E-state index contributed by atoms with van der Waals surface area (Å²) >= 11 is 0. The van der Waals surface area contributed by atoms with E-state index in [-0.39, 0.29) is 30.3 Å². The predicted molar refractivity (Wildman–Crippen MR) is 96.8 cm³/mol. The largest absolute Gasteiger partial charge is 0.444 e. The second-order valence-electron chi connectivity index (χ2n) is 7.63. The van der Waals surface area contributed by atoms with Gasteiger partial charge in [-0.15, -0.1) is 0 Å². The number of carbonyl (C=O) groups is 2. The number of likely N-dealkylation sites (N-methyl/N-ethyl adjacent to an activating group) is 1. The number of ether oxygens (including phenoxy) is 1. The number of nitrogens with zero attached hydrogens (tertiary/aromatic N) is 2. The highest BCUT2D eigenvalue weighted by Crippen LogP contribution is 2.16. The summed E-state index contributed by atoms with van der Waals surface area (Å²) in [5, 5.41) is 1.48. The Labute approximate surface area is 154 Å². The molecule has 0 aliphatic carbocycles. The van der Waals surface area contributed by atoms with Gasteiger partial charge in [-0.2, -0.15) is 0 Å². The van der Waals surface area contributed by atoms with E-state index in [1.54, 1.807) is 24.1 Å². The molecule has 0 aromatic heterocycles. The normalized spacial score (nSPS) is 15.7. The van der Waals surface area contributed by atoms with Crippen LogP contribution in [0.2, 0.25) is 0 Å². The van der Waals surface area contributed by atoms with Crippen molar-refractivity contribution in [1.29, 1.82) is 0 Å². The Hall–Kier alpha value is -2.15. The van der Waals surface area contributed by atoms with E-state index in [2.05, 4.69) is 5.43 Å². The molecule has 1 aromatic carbocycles. The Morgan fingerprint density at radius 2 is 1.81 bits per heavy atom. The lowest BCUT2D eigenvalue weighted by Gasteiger charge is -2.35. The molecule has 1 heterocycles. The van der Waals surface area contributed by atoms with E-state index in [1.807, 2.05) is 20.8 Å². The molecule has 1 aliphatic rings. The lowest BCUT2D eigenvalue weighted by Crippen LogP contribution is -2.52. The number of halogens is 1. The molecule has 6 nitrogen and oxygen atoms in total. The molecule has 144 valence electrons. The highest BCUT2D eigenvalue weighted by molar-refractivity contribution is 5.78. The molecule has 1 saturated heterocycles. The lowest BCUT2D eigenvalue weighted by molar-refractivity contribution is -0.133. The zero-order valence-corrected chi connectivity index (χ0v) is 15.9. The van der Waals surface area contributed by atoms with Crippen LogP contribution in [0, 0.1) is 5.82 Å². The van der Waals surface area contributed by atoms with Crippen LogP contribution in [0.4, 0.5) is 9.18 Å². The van der Waals surface area contributed by atoms with Gasteiger partial charge in [-0.05, 0) is 51.3 Å². The van der Waals surface area contributed by atoms with Crippen molar-refractivity contribution in [2.24, 2.45) is 0 Å². The smallest absolute Gasteiger partial charge is 0.410 e. The van der Waals surface area contributed by atoms with Crippen LogP contribution in [0.3, 0.4) is 0 Å². The lowest BCUT2D eigenvalue weighted by atomic mass is 10.1. The summed E-state index contributed by atoms with van der Waals surface area (Å²) in [6.45, 7) is 6.72. The minimum atomic E-state index is -0.501. The minimum absolute atomic E-state index is 0.0915. The summed E-state index contributed by atoms with van der Waals surface area (Å²) in [6, 6.07) is 6.04. The van der Waals surface area contributed by atoms with Gasteiger partial charge in [0.1, 0.15) is 11.4 Å². The van der Waals surface area contributed by atoms with Gasteiger partial charge in [-0.25, -0.2) is 14.6 Å². The van der Waals surface area contributed by atoms with Crippen molar-refractivity contribution in [3.63, 3.8) is 0 Å². The van der Waals surface area contributed by atoms with E-state index < -0.39 is 5.60 Å². The third-order valence-electron chi connectivity index (χ3n) is 4.17. The molecule has 0 atom stereocenters. The standard InChI is InChI=1S/C19H28FN3O3/c1-19(2,3)26-18(25)23-11-9-16(10-12-23)21-22(4)17(24)13-14-5-7-15(20)8-6-14/h5-8,16,21H,9-13H2,1-4H3. The van der Waals surface area contributed by atoms with Crippen molar-refractivity contribution in [3.8, 4) is 0 Å². The molecular formula is C19H28FN3O3. The average molecular weight is 365 g/mol. The number of amides is 2. The summed E-state index contributed by atoms with van der Waals surface area (Å²) in [5.41, 5.74) is 3.46. The fourth-order valence-electron chi connectivity index (χ4n) is 2.76. The van der Waals surface area contributed by atoms with E-state index in [0.717, 1.165) is 18.4 Å². The quantitative estimate of drug-likeness (QED) is 0.834. The third-order valence-corrected chi connectivity index (χ3v) is 4.17. The SMILES string of the molecule is CN(NC1CCN(C(=O)OC(C)(C)C)CC1)C(=O)Cc1ccc(F)cc1. The maximum absolute atomic E-state index is 12.9. The van der Waals surface area contributed by atoms with Crippen LogP contribution in [0.25, 0.3) is 0 Å². The minimum Gasteiger partial charge on any atom is -0.444 e. The van der Waals surface area contributed by atoms with Crippen molar-refractivity contribution in [3.05, 3.63) is 35.6 Å². The number of benzene rings is 1.